The molecule has 1 aliphatic rings. The van der Waals surface area contributed by atoms with Crippen LogP contribution in [0, 0.1) is 20.2 Å². The summed E-state index contributed by atoms with van der Waals surface area (Å²) in [6, 6.07) is 1.62. The number of nitro benzene ring substituents is 2. The predicted molar refractivity (Wildman–Crippen MR) is 53.0 cm³/mol. The fourth-order valence-electron chi connectivity index (χ4n) is 1.45. The summed E-state index contributed by atoms with van der Waals surface area (Å²) in [4.78, 5) is 19.4. The van der Waals surface area contributed by atoms with Crippen molar-refractivity contribution >= 4 is 21.5 Å². The highest BCUT2D eigenvalue weighted by molar-refractivity contribution is 7.86. The number of hydrogen-bond acceptors (Lipinski definition) is 7. The third kappa shape index (κ3) is 1.89. The standard InChI is InChI=1S/C7H4N2O7S/c10-8(11)5-1-4-3-17(14,15)16-7(4)6(2-5)9(12)13/h1-2H,3H2. The molecule has 1 heterocycles. The molecule has 10 heteroatoms. The van der Waals surface area contributed by atoms with E-state index in [1.807, 2.05) is 0 Å². The van der Waals surface area contributed by atoms with Crippen LogP contribution in [0.2, 0.25) is 0 Å². The van der Waals surface area contributed by atoms with Crippen LogP contribution in [0.3, 0.4) is 0 Å². The van der Waals surface area contributed by atoms with Crippen LogP contribution < -0.4 is 4.18 Å². The molecule has 0 unspecified atom stereocenters. The minimum Gasteiger partial charge on any atom is -0.374 e. The average Bonchev–Trinajstić information content (AvgIpc) is 2.49. The van der Waals surface area contributed by atoms with Crippen molar-refractivity contribution in [3.8, 4) is 5.75 Å². The average molecular weight is 260 g/mol. The highest BCUT2D eigenvalue weighted by atomic mass is 32.2. The van der Waals surface area contributed by atoms with Gasteiger partial charge in [-0.25, -0.2) is 0 Å². The van der Waals surface area contributed by atoms with Gasteiger partial charge in [0.15, 0.2) is 0 Å². The second-order valence-electron chi connectivity index (χ2n) is 3.25. The van der Waals surface area contributed by atoms with Crippen molar-refractivity contribution in [3.05, 3.63) is 37.9 Å². The lowest BCUT2D eigenvalue weighted by Gasteiger charge is -1.98. The maximum absolute atomic E-state index is 11.1. The van der Waals surface area contributed by atoms with Gasteiger partial charge < -0.3 is 4.18 Å². The van der Waals surface area contributed by atoms with Gasteiger partial charge >= 0.3 is 15.8 Å². The quantitative estimate of drug-likeness (QED) is 0.435. The Balaban J connectivity index is 2.70. The maximum atomic E-state index is 11.1. The van der Waals surface area contributed by atoms with Gasteiger partial charge in [-0.2, -0.15) is 8.42 Å². The SMILES string of the molecule is O=[N+]([O-])c1cc2c(c([N+](=O)[O-])c1)OS(=O)(=O)C2. The number of nitro groups is 2. The van der Waals surface area contributed by atoms with E-state index in [1.165, 1.54) is 0 Å². The van der Waals surface area contributed by atoms with Gasteiger partial charge in [-0.3, -0.25) is 20.2 Å². The number of non-ortho nitro benzene ring substituents is 1. The predicted octanol–water partition coefficient (Wildman–Crippen LogP) is 0.725. The first-order valence-corrected chi connectivity index (χ1v) is 5.76. The van der Waals surface area contributed by atoms with E-state index in [0.717, 1.165) is 6.07 Å². The molecule has 1 aliphatic heterocycles. The molecule has 0 radical (unpaired) electrons. The van der Waals surface area contributed by atoms with E-state index in [4.69, 9.17) is 0 Å². The Kier molecular flexibility index (Phi) is 2.24. The van der Waals surface area contributed by atoms with Crippen molar-refractivity contribution in [2.24, 2.45) is 0 Å². The Morgan fingerprint density at radius 2 is 1.82 bits per heavy atom. The number of hydrogen-bond donors (Lipinski definition) is 0. The minimum absolute atomic E-state index is 0.0779. The minimum atomic E-state index is -3.93. The highest BCUT2D eigenvalue weighted by Gasteiger charge is 2.36. The van der Waals surface area contributed by atoms with Gasteiger partial charge in [0.2, 0.25) is 5.75 Å². The summed E-state index contributed by atoms with van der Waals surface area (Å²) in [6.07, 6.45) is 0. The molecule has 1 aromatic rings. The van der Waals surface area contributed by atoms with E-state index in [2.05, 4.69) is 4.18 Å². The lowest BCUT2D eigenvalue weighted by molar-refractivity contribution is -0.394. The Labute approximate surface area is 94.0 Å². The van der Waals surface area contributed by atoms with Crippen molar-refractivity contribution in [2.45, 2.75) is 5.75 Å². The van der Waals surface area contributed by atoms with Gasteiger partial charge in [0.25, 0.3) is 5.69 Å². The molecule has 0 N–H and O–H groups in total. The van der Waals surface area contributed by atoms with E-state index < -0.39 is 42.8 Å². The van der Waals surface area contributed by atoms with Crippen molar-refractivity contribution in [2.75, 3.05) is 0 Å². The van der Waals surface area contributed by atoms with Crippen LogP contribution in [-0.4, -0.2) is 18.3 Å². The second kappa shape index (κ2) is 3.38. The summed E-state index contributed by atoms with van der Waals surface area (Å²) in [5.41, 5.74) is -1.35. The van der Waals surface area contributed by atoms with Crippen molar-refractivity contribution in [1.82, 2.24) is 0 Å². The molecule has 0 saturated heterocycles. The van der Waals surface area contributed by atoms with Gasteiger partial charge in [-0.1, -0.05) is 0 Å². The van der Waals surface area contributed by atoms with Gasteiger partial charge in [0.05, 0.1) is 15.9 Å². The van der Waals surface area contributed by atoms with Crippen LogP contribution >= 0.6 is 0 Å². The third-order valence-electron chi connectivity index (χ3n) is 2.08. The second-order valence-corrected chi connectivity index (χ2v) is 4.82. The highest BCUT2D eigenvalue weighted by Crippen LogP contribution is 2.41. The zero-order valence-corrected chi connectivity index (χ0v) is 8.84. The van der Waals surface area contributed by atoms with Gasteiger partial charge in [-0.05, 0) is 0 Å². The molecule has 0 saturated carbocycles. The number of benzene rings is 1. The summed E-state index contributed by atoms with van der Waals surface area (Å²) in [5.74, 6) is -1.05. The molecule has 0 fully saturated rings. The number of nitrogens with zero attached hydrogens (tertiary/aromatic N) is 2. The Hall–Kier alpha value is -2.23. The lowest BCUT2D eigenvalue weighted by atomic mass is 10.1. The van der Waals surface area contributed by atoms with E-state index in [0.29, 0.717) is 6.07 Å². The van der Waals surface area contributed by atoms with Crippen LogP contribution in [-0.2, 0) is 15.9 Å². The summed E-state index contributed by atoms with van der Waals surface area (Å²) in [6.45, 7) is 0. The fourth-order valence-corrected chi connectivity index (χ4v) is 2.55. The fraction of sp³-hybridized carbons (Fsp3) is 0.143. The van der Waals surface area contributed by atoms with Crippen LogP contribution in [0.5, 0.6) is 5.75 Å². The van der Waals surface area contributed by atoms with Crippen LogP contribution in [0.1, 0.15) is 5.56 Å². The molecule has 0 aliphatic carbocycles. The van der Waals surface area contributed by atoms with Crippen LogP contribution in [0.25, 0.3) is 0 Å². The monoisotopic (exact) mass is 260 g/mol. The summed E-state index contributed by atoms with van der Waals surface area (Å²) < 4.78 is 26.7. The first kappa shape index (κ1) is 11.3. The molecule has 1 aromatic carbocycles. The van der Waals surface area contributed by atoms with Crippen molar-refractivity contribution < 1.29 is 22.4 Å². The van der Waals surface area contributed by atoms with Crippen molar-refractivity contribution in [3.63, 3.8) is 0 Å². The summed E-state index contributed by atoms with van der Waals surface area (Å²) >= 11 is 0. The largest absolute Gasteiger partial charge is 0.374 e. The molecular weight excluding hydrogens is 256 g/mol. The molecule has 0 aromatic heterocycles. The third-order valence-corrected chi connectivity index (χ3v) is 3.17. The Morgan fingerprint density at radius 3 is 2.35 bits per heavy atom. The van der Waals surface area contributed by atoms with Gasteiger partial charge in [0.1, 0.15) is 5.75 Å². The molecule has 0 atom stereocenters. The molecular formula is C7H4N2O7S. The van der Waals surface area contributed by atoms with E-state index >= 15 is 0 Å². The van der Waals surface area contributed by atoms with Crippen LogP contribution in [0.4, 0.5) is 11.4 Å². The zero-order chi connectivity index (χ0) is 12.8. The Morgan fingerprint density at radius 1 is 1.18 bits per heavy atom. The molecule has 17 heavy (non-hydrogen) atoms. The Bertz CT molecular complexity index is 636. The van der Waals surface area contributed by atoms with Gasteiger partial charge in [0, 0.05) is 11.6 Å². The first-order chi connectivity index (χ1) is 7.80. The van der Waals surface area contributed by atoms with E-state index in [1.54, 1.807) is 0 Å². The molecule has 9 nitrogen and oxygen atoms in total. The van der Waals surface area contributed by atoms with E-state index in [-0.39, 0.29) is 5.56 Å². The topological polar surface area (TPSA) is 130 Å². The van der Waals surface area contributed by atoms with E-state index in [9.17, 15) is 28.6 Å². The first-order valence-electron chi connectivity index (χ1n) is 4.18. The van der Waals surface area contributed by atoms with Crippen molar-refractivity contribution in [1.29, 1.82) is 0 Å². The van der Waals surface area contributed by atoms with Gasteiger partial charge in [-0.15, -0.1) is 0 Å². The molecule has 0 spiro atoms. The number of fused-ring (bicyclic) bond motifs is 1. The number of rotatable bonds is 2. The molecule has 2 rings (SSSR count). The molecule has 0 amide bonds. The van der Waals surface area contributed by atoms with Crippen LogP contribution in [0.15, 0.2) is 12.1 Å². The zero-order valence-electron chi connectivity index (χ0n) is 8.02. The molecule has 0 bridgehead atoms. The summed E-state index contributed by atoms with van der Waals surface area (Å²) in [5, 5.41) is 21.2. The maximum Gasteiger partial charge on any atom is 0.319 e. The lowest BCUT2D eigenvalue weighted by Crippen LogP contribution is -2.03. The summed E-state index contributed by atoms with van der Waals surface area (Å²) in [7, 11) is -3.93. The smallest absolute Gasteiger partial charge is 0.319 e. The molecule has 90 valence electrons. The normalized spacial score (nSPS) is 16.0.